The third kappa shape index (κ3) is 2.35. The van der Waals surface area contributed by atoms with Gasteiger partial charge in [0.25, 0.3) is 0 Å². The molecule has 3 aromatic rings. The van der Waals surface area contributed by atoms with Gasteiger partial charge in [0.05, 0.1) is 0 Å². The van der Waals surface area contributed by atoms with E-state index in [0.717, 1.165) is 37.6 Å². The molecule has 3 heterocycles. The Balaban J connectivity index is 1.49. The quantitative estimate of drug-likeness (QED) is 0.734. The van der Waals surface area contributed by atoms with Crippen LogP contribution in [0.15, 0.2) is 48.8 Å². The normalized spacial score (nSPS) is 17.0. The lowest BCUT2D eigenvalue weighted by Gasteiger charge is -2.09. The van der Waals surface area contributed by atoms with Gasteiger partial charge in [-0.3, -0.25) is 4.68 Å². The van der Waals surface area contributed by atoms with Crippen molar-refractivity contribution in [3.05, 3.63) is 66.0 Å². The van der Waals surface area contributed by atoms with Gasteiger partial charge < -0.3 is 4.57 Å². The predicted octanol–water partition coefficient (Wildman–Crippen LogP) is 2.06. The molecule has 1 aromatic carbocycles. The fourth-order valence-corrected chi connectivity index (χ4v) is 3.02. The monoisotopic (exact) mass is 279 g/mol. The van der Waals surface area contributed by atoms with E-state index in [4.69, 9.17) is 0 Å². The molecule has 0 bridgehead atoms. The van der Waals surface area contributed by atoms with E-state index < -0.39 is 0 Å². The zero-order valence-corrected chi connectivity index (χ0v) is 11.8. The topological polar surface area (TPSA) is 48.5 Å². The van der Waals surface area contributed by atoms with Crippen LogP contribution in [0.3, 0.4) is 0 Å². The molecule has 0 fully saturated rings. The summed E-state index contributed by atoms with van der Waals surface area (Å²) in [6.45, 7) is 1.84. The molecule has 5 nitrogen and oxygen atoms in total. The molecule has 1 aliphatic rings. The zero-order valence-electron chi connectivity index (χ0n) is 11.8. The Morgan fingerprint density at radius 3 is 2.81 bits per heavy atom. The van der Waals surface area contributed by atoms with E-state index in [1.54, 1.807) is 6.20 Å². The van der Waals surface area contributed by atoms with Crippen molar-refractivity contribution in [1.29, 1.82) is 0 Å². The number of aromatic nitrogens is 5. The molecular formula is C16H17N5. The van der Waals surface area contributed by atoms with Crippen molar-refractivity contribution in [3.8, 4) is 0 Å². The molecule has 0 amide bonds. The van der Waals surface area contributed by atoms with Gasteiger partial charge in [-0.05, 0) is 11.6 Å². The Bertz CT molecular complexity index is 714. The van der Waals surface area contributed by atoms with Gasteiger partial charge in [-0.2, -0.15) is 5.10 Å². The number of hydrogen-bond donors (Lipinski definition) is 0. The highest BCUT2D eigenvalue weighted by atomic mass is 15.3. The van der Waals surface area contributed by atoms with Gasteiger partial charge >= 0.3 is 0 Å². The van der Waals surface area contributed by atoms with E-state index in [1.807, 2.05) is 16.9 Å². The zero-order chi connectivity index (χ0) is 14.1. The molecule has 0 aliphatic carbocycles. The van der Waals surface area contributed by atoms with Gasteiger partial charge in [0.2, 0.25) is 0 Å². The SMILES string of the molecule is c1ccc(C2Cc3nnc(CCn4cccn4)n3C2)cc1. The molecule has 0 saturated carbocycles. The van der Waals surface area contributed by atoms with Crippen LogP contribution >= 0.6 is 0 Å². The molecule has 0 saturated heterocycles. The average Bonchev–Trinajstić information content (AvgIpc) is 3.23. The summed E-state index contributed by atoms with van der Waals surface area (Å²) >= 11 is 0. The summed E-state index contributed by atoms with van der Waals surface area (Å²) in [7, 11) is 0. The van der Waals surface area contributed by atoms with E-state index in [-0.39, 0.29) is 0 Å². The second-order valence-corrected chi connectivity index (χ2v) is 5.47. The standard InChI is InChI=1S/C16H17N5/c1-2-5-13(6-3-1)14-11-16-19-18-15(21(16)12-14)7-10-20-9-4-8-17-20/h1-6,8-9,14H,7,10-12H2. The van der Waals surface area contributed by atoms with Crippen LogP contribution in [0.4, 0.5) is 0 Å². The first kappa shape index (κ1) is 12.3. The maximum Gasteiger partial charge on any atom is 0.134 e. The lowest BCUT2D eigenvalue weighted by Crippen LogP contribution is -2.09. The lowest BCUT2D eigenvalue weighted by molar-refractivity contribution is 0.563. The predicted molar refractivity (Wildman–Crippen MR) is 78.8 cm³/mol. The highest BCUT2D eigenvalue weighted by molar-refractivity contribution is 5.23. The summed E-state index contributed by atoms with van der Waals surface area (Å²) in [5, 5.41) is 12.9. The molecular weight excluding hydrogens is 262 g/mol. The summed E-state index contributed by atoms with van der Waals surface area (Å²) in [6.07, 6.45) is 5.64. The molecule has 1 unspecified atom stereocenters. The van der Waals surface area contributed by atoms with Gasteiger partial charge in [-0.15, -0.1) is 10.2 Å². The molecule has 5 heteroatoms. The van der Waals surface area contributed by atoms with Crippen molar-refractivity contribution in [1.82, 2.24) is 24.5 Å². The van der Waals surface area contributed by atoms with Crippen LogP contribution in [0.5, 0.6) is 0 Å². The van der Waals surface area contributed by atoms with Crippen LogP contribution in [0, 0.1) is 0 Å². The fourth-order valence-electron chi connectivity index (χ4n) is 3.02. The van der Waals surface area contributed by atoms with Crippen molar-refractivity contribution in [2.75, 3.05) is 0 Å². The summed E-state index contributed by atoms with van der Waals surface area (Å²) in [4.78, 5) is 0. The minimum atomic E-state index is 0.528. The Morgan fingerprint density at radius 1 is 1.10 bits per heavy atom. The van der Waals surface area contributed by atoms with E-state index in [0.29, 0.717) is 5.92 Å². The number of hydrogen-bond acceptors (Lipinski definition) is 3. The van der Waals surface area contributed by atoms with Crippen LogP contribution in [0.1, 0.15) is 23.1 Å². The number of aryl methyl sites for hydroxylation is 2. The Hall–Kier alpha value is -2.43. The van der Waals surface area contributed by atoms with Crippen molar-refractivity contribution in [3.63, 3.8) is 0 Å². The Kier molecular flexibility index (Phi) is 3.03. The number of rotatable bonds is 4. The van der Waals surface area contributed by atoms with Crippen LogP contribution in [0.2, 0.25) is 0 Å². The highest BCUT2D eigenvalue weighted by Crippen LogP contribution is 2.29. The Labute approximate surface area is 123 Å². The molecule has 1 atom stereocenters. The molecule has 0 spiro atoms. The second-order valence-electron chi connectivity index (χ2n) is 5.47. The molecule has 21 heavy (non-hydrogen) atoms. The molecule has 0 radical (unpaired) electrons. The number of fused-ring (bicyclic) bond motifs is 1. The van der Waals surface area contributed by atoms with Crippen LogP contribution < -0.4 is 0 Å². The number of nitrogens with zero attached hydrogens (tertiary/aromatic N) is 5. The molecule has 106 valence electrons. The molecule has 2 aromatic heterocycles. The van der Waals surface area contributed by atoms with Crippen molar-refractivity contribution in [2.24, 2.45) is 0 Å². The van der Waals surface area contributed by atoms with Gasteiger partial charge in [0, 0.05) is 44.2 Å². The summed E-state index contributed by atoms with van der Waals surface area (Å²) < 4.78 is 4.21. The van der Waals surface area contributed by atoms with Gasteiger partial charge in [0.15, 0.2) is 0 Å². The molecule has 4 rings (SSSR count). The summed E-state index contributed by atoms with van der Waals surface area (Å²) in [6, 6.07) is 12.6. The summed E-state index contributed by atoms with van der Waals surface area (Å²) in [5.41, 5.74) is 1.39. The average molecular weight is 279 g/mol. The number of benzene rings is 1. The van der Waals surface area contributed by atoms with E-state index in [2.05, 4.69) is 50.2 Å². The first-order chi connectivity index (χ1) is 10.4. The first-order valence-electron chi connectivity index (χ1n) is 7.33. The van der Waals surface area contributed by atoms with Gasteiger partial charge in [-0.1, -0.05) is 30.3 Å². The maximum absolute atomic E-state index is 4.36. The minimum absolute atomic E-state index is 0.528. The third-order valence-corrected chi connectivity index (χ3v) is 4.13. The van der Waals surface area contributed by atoms with Crippen LogP contribution in [-0.4, -0.2) is 24.5 Å². The third-order valence-electron chi connectivity index (χ3n) is 4.13. The highest BCUT2D eigenvalue weighted by Gasteiger charge is 2.26. The minimum Gasteiger partial charge on any atom is -0.314 e. The largest absolute Gasteiger partial charge is 0.314 e. The van der Waals surface area contributed by atoms with E-state index >= 15 is 0 Å². The van der Waals surface area contributed by atoms with Crippen LogP contribution in [-0.2, 0) is 25.9 Å². The molecule has 1 aliphatic heterocycles. The first-order valence-corrected chi connectivity index (χ1v) is 7.33. The van der Waals surface area contributed by atoms with Crippen molar-refractivity contribution >= 4 is 0 Å². The van der Waals surface area contributed by atoms with Crippen LogP contribution in [0.25, 0.3) is 0 Å². The summed E-state index contributed by atoms with van der Waals surface area (Å²) in [5.74, 6) is 2.71. The van der Waals surface area contributed by atoms with Crippen molar-refractivity contribution < 1.29 is 0 Å². The fraction of sp³-hybridized carbons (Fsp3) is 0.312. The smallest absolute Gasteiger partial charge is 0.134 e. The van der Waals surface area contributed by atoms with Gasteiger partial charge in [0.1, 0.15) is 11.6 Å². The second kappa shape index (κ2) is 5.16. The molecule has 0 N–H and O–H groups in total. The Morgan fingerprint density at radius 2 is 2.00 bits per heavy atom. The maximum atomic E-state index is 4.36. The van der Waals surface area contributed by atoms with E-state index in [9.17, 15) is 0 Å². The lowest BCUT2D eigenvalue weighted by atomic mass is 9.98. The van der Waals surface area contributed by atoms with E-state index in [1.165, 1.54) is 5.56 Å². The van der Waals surface area contributed by atoms with Crippen molar-refractivity contribution in [2.45, 2.75) is 31.8 Å². The van der Waals surface area contributed by atoms with Gasteiger partial charge in [-0.25, -0.2) is 0 Å².